The molecule has 6 rings (SSSR count). The van der Waals surface area contributed by atoms with Gasteiger partial charge in [0.25, 0.3) is 0 Å². The molecule has 1 saturated heterocycles. The third-order valence-electron chi connectivity index (χ3n) is 8.31. The lowest BCUT2D eigenvalue weighted by Gasteiger charge is -2.46. The highest BCUT2D eigenvalue weighted by atomic mass is 79.9. The summed E-state index contributed by atoms with van der Waals surface area (Å²) in [7, 11) is 0. The Bertz CT molecular complexity index is 1360. The number of nitrogens with one attached hydrogen (secondary N) is 1. The topological polar surface area (TPSA) is 102 Å². The molecule has 10 heteroatoms. The highest BCUT2D eigenvalue weighted by Crippen LogP contribution is 2.39. The molecular weight excluding hydrogens is 550 g/mol. The molecule has 2 amide bonds. The van der Waals surface area contributed by atoms with Crippen molar-refractivity contribution in [3.8, 4) is 0 Å². The number of carbonyl (C=O) groups excluding carboxylic acids is 2. The van der Waals surface area contributed by atoms with Crippen LogP contribution >= 0.6 is 15.9 Å². The van der Waals surface area contributed by atoms with Crippen LogP contribution < -0.4 is 5.32 Å². The average Bonchev–Trinajstić information content (AvgIpc) is 3.63. The summed E-state index contributed by atoms with van der Waals surface area (Å²) in [5.74, 6) is 0.844. The van der Waals surface area contributed by atoms with Gasteiger partial charge in [-0.05, 0) is 51.7 Å². The van der Waals surface area contributed by atoms with Gasteiger partial charge < -0.3 is 23.9 Å². The van der Waals surface area contributed by atoms with Crippen molar-refractivity contribution in [2.24, 2.45) is 11.8 Å². The van der Waals surface area contributed by atoms with Gasteiger partial charge in [-0.1, -0.05) is 44.5 Å². The van der Waals surface area contributed by atoms with Crippen molar-refractivity contribution in [2.75, 3.05) is 6.61 Å². The van der Waals surface area contributed by atoms with Crippen LogP contribution in [0.1, 0.15) is 60.5 Å². The molecule has 200 valence electrons. The Kier molecular flexibility index (Phi) is 6.63. The van der Waals surface area contributed by atoms with Crippen LogP contribution in [0.4, 0.5) is 0 Å². The number of aromatic nitrogens is 3. The number of piperazine rings is 1. The van der Waals surface area contributed by atoms with E-state index < -0.39 is 18.1 Å². The summed E-state index contributed by atoms with van der Waals surface area (Å²) in [6, 6.07) is 6.30. The van der Waals surface area contributed by atoms with E-state index in [2.05, 4.69) is 42.9 Å². The molecule has 1 aromatic carbocycles. The summed E-state index contributed by atoms with van der Waals surface area (Å²) in [5.41, 5.74) is 3.96. The maximum Gasteiger partial charge on any atom is 0.247 e. The molecule has 4 atom stereocenters. The van der Waals surface area contributed by atoms with Gasteiger partial charge >= 0.3 is 0 Å². The van der Waals surface area contributed by atoms with Gasteiger partial charge in [-0.2, -0.15) is 0 Å². The number of ether oxygens (including phenoxy) is 1. The molecule has 1 unspecified atom stereocenters. The smallest absolute Gasteiger partial charge is 0.247 e. The van der Waals surface area contributed by atoms with Gasteiger partial charge in [-0.15, -0.1) is 0 Å². The summed E-state index contributed by atoms with van der Waals surface area (Å²) < 4.78 is 14.1. The molecule has 2 aliphatic heterocycles. The first-order valence-corrected chi connectivity index (χ1v) is 14.1. The quantitative estimate of drug-likeness (QED) is 0.476. The van der Waals surface area contributed by atoms with Crippen molar-refractivity contribution < 1.29 is 18.7 Å². The van der Waals surface area contributed by atoms with Crippen LogP contribution in [0, 0.1) is 18.8 Å². The number of halogens is 1. The second kappa shape index (κ2) is 9.96. The number of carbonyl (C=O) groups is 2. The van der Waals surface area contributed by atoms with Crippen LogP contribution in [-0.2, 0) is 40.3 Å². The maximum atomic E-state index is 14.6. The van der Waals surface area contributed by atoms with Gasteiger partial charge in [0, 0.05) is 13.5 Å². The van der Waals surface area contributed by atoms with Crippen molar-refractivity contribution in [1.82, 2.24) is 24.8 Å². The molecule has 1 aliphatic carbocycles. The minimum Gasteiger partial charge on any atom is -0.449 e. The van der Waals surface area contributed by atoms with Crippen LogP contribution in [0.3, 0.4) is 0 Å². The van der Waals surface area contributed by atoms with E-state index in [1.54, 1.807) is 18.1 Å². The predicted molar refractivity (Wildman–Crippen MR) is 142 cm³/mol. The number of oxazole rings is 1. The fourth-order valence-corrected chi connectivity index (χ4v) is 6.73. The van der Waals surface area contributed by atoms with Gasteiger partial charge in [0.15, 0.2) is 5.89 Å². The lowest BCUT2D eigenvalue weighted by Crippen LogP contribution is -2.67. The Balaban J connectivity index is 1.47. The number of imidazole rings is 1. The molecule has 2 aromatic heterocycles. The molecule has 0 bridgehead atoms. The number of aryl methyl sites for hydroxylation is 1. The molecule has 3 aromatic rings. The van der Waals surface area contributed by atoms with E-state index in [0.717, 1.165) is 25.0 Å². The minimum absolute atomic E-state index is 0.0155. The first-order valence-electron chi connectivity index (χ1n) is 13.3. The van der Waals surface area contributed by atoms with E-state index in [-0.39, 0.29) is 23.7 Å². The Labute approximate surface area is 230 Å². The molecule has 38 heavy (non-hydrogen) atoms. The van der Waals surface area contributed by atoms with Crippen LogP contribution in [0.25, 0.3) is 0 Å². The summed E-state index contributed by atoms with van der Waals surface area (Å²) in [5, 5.41) is 3.14. The molecule has 0 spiro atoms. The van der Waals surface area contributed by atoms with Gasteiger partial charge in [0.05, 0.1) is 18.9 Å². The number of nitrogens with zero attached hydrogens (tertiary/aromatic N) is 4. The number of hydrogen-bond acceptors (Lipinski definition) is 6. The van der Waals surface area contributed by atoms with Crippen LogP contribution in [0.2, 0.25) is 0 Å². The minimum atomic E-state index is -0.681. The van der Waals surface area contributed by atoms with Gasteiger partial charge in [-0.25, -0.2) is 9.97 Å². The molecule has 1 N–H and O–H groups in total. The lowest BCUT2D eigenvalue weighted by atomic mass is 9.86. The fraction of sp³-hybridized carbons (Fsp3) is 0.500. The van der Waals surface area contributed by atoms with E-state index in [9.17, 15) is 9.59 Å². The summed E-state index contributed by atoms with van der Waals surface area (Å²) >= 11 is 3.60. The summed E-state index contributed by atoms with van der Waals surface area (Å²) in [6.07, 6.45) is 3.83. The first kappa shape index (κ1) is 25.3. The standard InChI is InChI=1S/C28H32BrN5O4/c1-4-15(2)23-27(35)31-22(19-11-17-7-5-6-8-18(17)12-19)28(36)34(23)24(20-13-38-16(3)30-20)26-32-25(29)21-14-37-10-9-33(21)26/h5-8,13,15,19,22-24H,4,9-12,14H2,1-3H3,(H,31,35)/t15-,22+,23+,24?/m0/s1. The molecular formula is C28H32BrN5O4. The highest BCUT2D eigenvalue weighted by molar-refractivity contribution is 9.10. The fourth-order valence-electron chi connectivity index (χ4n) is 6.22. The molecule has 9 nitrogen and oxygen atoms in total. The van der Waals surface area contributed by atoms with E-state index in [4.69, 9.17) is 14.1 Å². The zero-order valence-corrected chi connectivity index (χ0v) is 23.4. The number of hydrogen-bond donors (Lipinski definition) is 1. The highest BCUT2D eigenvalue weighted by Gasteiger charge is 2.51. The van der Waals surface area contributed by atoms with Crippen LogP contribution in [0.15, 0.2) is 39.5 Å². The summed E-state index contributed by atoms with van der Waals surface area (Å²) in [4.78, 5) is 39.7. The van der Waals surface area contributed by atoms with Gasteiger partial charge in [-0.3, -0.25) is 9.59 Å². The molecule has 0 radical (unpaired) electrons. The van der Waals surface area contributed by atoms with Gasteiger partial charge in [0.1, 0.15) is 40.5 Å². The Morgan fingerprint density at radius 2 is 1.92 bits per heavy atom. The van der Waals surface area contributed by atoms with E-state index in [1.807, 2.05) is 26.0 Å². The number of fused-ring (bicyclic) bond motifs is 2. The Morgan fingerprint density at radius 3 is 2.58 bits per heavy atom. The van der Waals surface area contributed by atoms with Crippen molar-refractivity contribution in [3.63, 3.8) is 0 Å². The zero-order chi connectivity index (χ0) is 26.6. The average molecular weight is 582 g/mol. The third-order valence-corrected chi connectivity index (χ3v) is 8.95. The molecule has 4 heterocycles. The first-order chi connectivity index (χ1) is 18.4. The largest absolute Gasteiger partial charge is 0.449 e. The van der Waals surface area contributed by atoms with E-state index in [1.165, 1.54) is 11.1 Å². The molecule has 1 fully saturated rings. The number of rotatable bonds is 6. The SMILES string of the molecule is CC[C@H](C)[C@@H]1C(=O)N[C@H](C2Cc3ccccc3C2)C(=O)N1C(c1coc(C)n1)c1nc(Br)c2n1CCOC2. The summed E-state index contributed by atoms with van der Waals surface area (Å²) in [6.45, 7) is 7.40. The van der Waals surface area contributed by atoms with E-state index >= 15 is 0 Å². The molecule has 3 aliphatic rings. The Morgan fingerprint density at radius 1 is 1.18 bits per heavy atom. The monoisotopic (exact) mass is 581 g/mol. The Hall–Kier alpha value is -2.98. The van der Waals surface area contributed by atoms with Crippen LogP contribution in [-0.4, -0.2) is 49.9 Å². The number of benzene rings is 1. The maximum absolute atomic E-state index is 14.6. The second-order valence-corrected chi connectivity index (χ2v) is 11.4. The van der Waals surface area contributed by atoms with Crippen molar-refractivity contribution in [1.29, 1.82) is 0 Å². The van der Waals surface area contributed by atoms with Crippen LogP contribution in [0.5, 0.6) is 0 Å². The lowest BCUT2D eigenvalue weighted by molar-refractivity contribution is -0.155. The van der Waals surface area contributed by atoms with Gasteiger partial charge in [0.2, 0.25) is 11.8 Å². The van der Waals surface area contributed by atoms with E-state index in [0.29, 0.717) is 41.8 Å². The molecule has 0 saturated carbocycles. The third kappa shape index (κ3) is 4.18. The number of amides is 2. The van der Waals surface area contributed by atoms with Crippen molar-refractivity contribution >= 4 is 27.7 Å². The van der Waals surface area contributed by atoms with Crippen molar-refractivity contribution in [2.45, 2.75) is 71.3 Å². The zero-order valence-electron chi connectivity index (χ0n) is 21.8. The predicted octanol–water partition coefficient (Wildman–Crippen LogP) is 3.72. The second-order valence-electron chi connectivity index (χ2n) is 10.6. The van der Waals surface area contributed by atoms with Crippen molar-refractivity contribution in [3.05, 3.63) is 69.4 Å². The normalized spacial score (nSPS) is 23.2.